The molecule has 1 amide bonds. The van der Waals surface area contributed by atoms with Crippen molar-refractivity contribution in [3.63, 3.8) is 0 Å². The molecule has 1 N–H and O–H groups in total. The molecule has 2 aliphatic rings. The highest BCUT2D eigenvalue weighted by Gasteiger charge is 2.49. The topological polar surface area (TPSA) is 55.4 Å². The first-order chi connectivity index (χ1) is 10.9. The number of aryl methyl sites for hydroxylation is 1. The smallest absolute Gasteiger partial charge is 0.335 e. The Labute approximate surface area is 134 Å². The third-order valence-electron chi connectivity index (χ3n) is 4.75. The van der Waals surface area contributed by atoms with Crippen LogP contribution < -0.4 is 5.32 Å². The summed E-state index contributed by atoms with van der Waals surface area (Å²) >= 11 is 0. The molecule has 0 unspecified atom stereocenters. The molecule has 0 aromatic heterocycles. The maximum atomic E-state index is 13.2. The maximum absolute atomic E-state index is 13.2. The van der Waals surface area contributed by atoms with Crippen molar-refractivity contribution in [3.8, 4) is 0 Å². The van der Waals surface area contributed by atoms with Gasteiger partial charge in [0.25, 0.3) is 5.91 Å². The van der Waals surface area contributed by atoms with Gasteiger partial charge in [0.2, 0.25) is 0 Å². The predicted molar refractivity (Wildman–Crippen MR) is 84.4 cm³/mol. The van der Waals surface area contributed by atoms with Crippen LogP contribution in [0.4, 0.5) is 10.1 Å². The number of nitrogens with one attached hydrogen (secondary N) is 1. The predicted octanol–water partition coefficient (Wildman–Crippen LogP) is 3.65. The van der Waals surface area contributed by atoms with Crippen molar-refractivity contribution in [1.82, 2.24) is 0 Å². The minimum atomic E-state index is -0.780. The molecule has 23 heavy (non-hydrogen) atoms. The summed E-state index contributed by atoms with van der Waals surface area (Å²) in [6, 6.07) is 4.20. The zero-order chi connectivity index (χ0) is 16.6. The quantitative estimate of drug-likeness (QED) is 0.847. The van der Waals surface area contributed by atoms with Gasteiger partial charge in [-0.2, -0.15) is 0 Å². The third-order valence-corrected chi connectivity index (χ3v) is 4.75. The molecule has 1 aliphatic carbocycles. The van der Waals surface area contributed by atoms with Crippen molar-refractivity contribution >= 4 is 17.6 Å². The van der Waals surface area contributed by atoms with E-state index in [4.69, 9.17) is 4.74 Å². The largest absolute Gasteiger partial charge is 0.451 e. The average Bonchev–Trinajstić information content (AvgIpc) is 2.73. The number of hydrogen-bond acceptors (Lipinski definition) is 3. The van der Waals surface area contributed by atoms with E-state index in [0.29, 0.717) is 35.2 Å². The Morgan fingerprint density at radius 3 is 2.57 bits per heavy atom. The lowest BCUT2D eigenvalue weighted by Crippen LogP contribution is -2.39. The van der Waals surface area contributed by atoms with Crippen LogP contribution in [0.15, 0.2) is 29.3 Å². The molecule has 0 radical (unpaired) electrons. The summed E-state index contributed by atoms with van der Waals surface area (Å²) < 4.78 is 18.8. The lowest BCUT2D eigenvalue weighted by atomic mass is 9.78. The van der Waals surface area contributed by atoms with Crippen LogP contribution in [0.1, 0.15) is 44.6 Å². The number of carbonyl (C=O) groups excluding carboxylic acids is 2. The van der Waals surface area contributed by atoms with E-state index in [1.54, 1.807) is 13.8 Å². The standard InChI is InChI=1S/C18H20FNO3/c1-11-10-13(19)6-7-14(11)20-16(21)15-12(2)17(22)23-18(15)8-4-3-5-9-18/h6-7,10H,3-5,8-9H2,1-2H3,(H,20,21). The SMILES string of the molecule is CC1=C(C(=O)Nc2ccc(F)cc2C)C2(CCCCC2)OC1=O. The number of anilines is 1. The van der Waals surface area contributed by atoms with Crippen molar-refractivity contribution < 1.29 is 18.7 Å². The monoisotopic (exact) mass is 317 g/mol. The summed E-state index contributed by atoms with van der Waals surface area (Å²) in [6.45, 7) is 3.37. The molecule has 1 spiro atoms. The fourth-order valence-corrected chi connectivity index (χ4v) is 3.55. The van der Waals surface area contributed by atoms with Gasteiger partial charge in [0, 0.05) is 11.3 Å². The number of carbonyl (C=O) groups is 2. The van der Waals surface area contributed by atoms with Gasteiger partial charge in [0.15, 0.2) is 0 Å². The van der Waals surface area contributed by atoms with Gasteiger partial charge < -0.3 is 10.1 Å². The van der Waals surface area contributed by atoms with Gasteiger partial charge in [0.05, 0.1) is 5.57 Å². The average molecular weight is 317 g/mol. The van der Waals surface area contributed by atoms with E-state index >= 15 is 0 Å². The number of ether oxygens (including phenoxy) is 1. The van der Waals surface area contributed by atoms with E-state index in [9.17, 15) is 14.0 Å². The Morgan fingerprint density at radius 2 is 1.91 bits per heavy atom. The number of halogens is 1. The molecule has 4 nitrogen and oxygen atoms in total. The Kier molecular flexibility index (Phi) is 3.96. The highest BCUT2D eigenvalue weighted by Crippen LogP contribution is 2.44. The van der Waals surface area contributed by atoms with E-state index < -0.39 is 11.6 Å². The molecule has 5 heteroatoms. The summed E-state index contributed by atoms with van der Waals surface area (Å²) in [5.74, 6) is -1.09. The van der Waals surface area contributed by atoms with E-state index in [0.717, 1.165) is 19.3 Å². The lowest BCUT2D eigenvalue weighted by molar-refractivity contribution is -0.149. The summed E-state index contributed by atoms with van der Waals surface area (Å²) in [4.78, 5) is 24.8. The number of amides is 1. The van der Waals surface area contributed by atoms with Crippen molar-refractivity contribution in [2.24, 2.45) is 0 Å². The molecule has 1 heterocycles. The summed E-state index contributed by atoms with van der Waals surface area (Å²) in [7, 11) is 0. The van der Waals surface area contributed by atoms with Crippen LogP contribution in [0, 0.1) is 12.7 Å². The fourth-order valence-electron chi connectivity index (χ4n) is 3.55. The van der Waals surface area contributed by atoms with Crippen LogP contribution >= 0.6 is 0 Å². The highest BCUT2D eigenvalue weighted by atomic mass is 19.1. The van der Waals surface area contributed by atoms with Crippen molar-refractivity contribution in [1.29, 1.82) is 0 Å². The minimum Gasteiger partial charge on any atom is -0.451 e. The Bertz CT molecular complexity index is 702. The second-order valence-corrected chi connectivity index (χ2v) is 6.36. The first-order valence-electron chi connectivity index (χ1n) is 7.95. The molecule has 0 bridgehead atoms. The fraction of sp³-hybridized carbons (Fsp3) is 0.444. The first-order valence-corrected chi connectivity index (χ1v) is 7.95. The van der Waals surface area contributed by atoms with Crippen molar-refractivity contribution in [2.75, 3.05) is 5.32 Å². The third kappa shape index (κ3) is 2.76. The molecule has 122 valence electrons. The zero-order valence-electron chi connectivity index (χ0n) is 13.4. The van der Waals surface area contributed by atoms with Crippen LogP contribution in [-0.2, 0) is 14.3 Å². The molecular formula is C18H20FNO3. The Balaban J connectivity index is 1.91. The van der Waals surface area contributed by atoms with Crippen LogP contribution in [0.25, 0.3) is 0 Å². The van der Waals surface area contributed by atoms with Crippen LogP contribution in [0.3, 0.4) is 0 Å². The van der Waals surface area contributed by atoms with Gasteiger partial charge in [0.1, 0.15) is 11.4 Å². The van der Waals surface area contributed by atoms with Gasteiger partial charge >= 0.3 is 5.97 Å². The summed E-state index contributed by atoms with van der Waals surface area (Å²) in [5, 5.41) is 2.81. The molecule has 0 atom stereocenters. The van der Waals surface area contributed by atoms with Gasteiger partial charge in [-0.25, -0.2) is 9.18 Å². The molecule has 1 aliphatic heterocycles. The van der Waals surface area contributed by atoms with Crippen LogP contribution in [-0.4, -0.2) is 17.5 Å². The molecule has 1 fully saturated rings. The molecule has 1 aromatic carbocycles. The number of esters is 1. The van der Waals surface area contributed by atoms with Gasteiger partial charge in [-0.15, -0.1) is 0 Å². The molecular weight excluding hydrogens is 297 g/mol. The second kappa shape index (κ2) is 5.80. The molecule has 0 saturated heterocycles. The maximum Gasteiger partial charge on any atom is 0.335 e. The Hall–Kier alpha value is -2.17. The Morgan fingerprint density at radius 1 is 1.22 bits per heavy atom. The van der Waals surface area contributed by atoms with Crippen LogP contribution in [0.2, 0.25) is 0 Å². The van der Waals surface area contributed by atoms with Gasteiger partial charge in [-0.3, -0.25) is 4.79 Å². The molecule has 1 saturated carbocycles. The first kappa shape index (κ1) is 15.7. The summed E-state index contributed by atoms with van der Waals surface area (Å²) in [5.41, 5.74) is 1.22. The summed E-state index contributed by atoms with van der Waals surface area (Å²) in [6.07, 6.45) is 4.33. The van der Waals surface area contributed by atoms with E-state index in [1.165, 1.54) is 18.2 Å². The highest BCUT2D eigenvalue weighted by molar-refractivity contribution is 6.12. The second-order valence-electron chi connectivity index (χ2n) is 6.36. The van der Waals surface area contributed by atoms with E-state index in [1.807, 2.05) is 0 Å². The van der Waals surface area contributed by atoms with E-state index in [2.05, 4.69) is 5.32 Å². The number of hydrogen-bond donors (Lipinski definition) is 1. The van der Waals surface area contributed by atoms with Gasteiger partial charge in [-0.1, -0.05) is 6.42 Å². The van der Waals surface area contributed by atoms with E-state index in [-0.39, 0.29) is 11.7 Å². The zero-order valence-corrected chi connectivity index (χ0v) is 13.4. The minimum absolute atomic E-state index is 0.329. The normalized spacial score (nSPS) is 19.9. The molecule has 3 rings (SSSR count). The lowest BCUT2D eigenvalue weighted by Gasteiger charge is -2.34. The van der Waals surface area contributed by atoms with Crippen molar-refractivity contribution in [3.05, 3.63) is 40.7 Å². The molecule has 1 aromatic rings. The van der Waals surface area contributed by atoms with Crippen LogP contribution in [0.5, 0.6) is 0 Å². The van der Waals surface area contributed by atoms with Gasteiger partial charge in [-0.05, 0) is 63.3 Å². The van der Waals surface area contributed by atoms with Crippen molar-refractivity contribution in [2.45, 2.75) is 51.6 Å². The number of rotatable bonds is 2. The number of benzene rings is 1.